The molecule has 1 aromatic heterocycles. The highest BCUT2D eigenvalue weighted by Crippen LogP contribution is 2.23. The Morgan fingerprint density at radius 2 is 2.28 bits per heavy atom. The lowest BCUT2D eigenvalue weighted by molar-refractivity contribution is 0.0623. The summed E-state index contributed by atoms with van der Waals surface area (Å²) >= 11 is 0. The summed E-state index contributed by atoms with van der Waals surface area (Å²) in [4.78, 5) is 2.57. The van der Waals surface area contributed by atoms with Crippen LogP contribution in [0.15, 0.2) is 12.3 Å². The van der Waals surface area contributed by atoms with Gasteiger partial charge in [0.25, 0.3) is 0 Å². The Morgan fingerprint density at radius 1 is 1.50 bits per heavy atom. The quantitative estimate of drug-likeness (QED) is 0.887. The molecule has 1 aliphatic heterocycles. The van der Waals surface area contributed by atoms with Gasteiger partial charge in [-0.05, 0) is 33.3 Å². The van der Waals surface area contributed by atoms with Crippen LogP contribution in [0.4, 0.5) is 0 Å². The van der Waals surface area contributed by atoms with Gasteiger partial charge in [0.15, 0.2) is 0 Å². The maximum Gasteiger partial charge on any atom is 0.0765 e. The number of nitrogens with one attached hydrogen (secondary N) is 1. The van der Waals surface area contributed by atoms with Crippen molar-refractivity contribution in [1.82, 2.24) is 20.0 Å². The summed E-state index contributed by atoms with van der Waals surface area (Å²) in [5, 5.41) is 8.16. The van der Waals surface area contributed by atoms with Crippen LogP contribution in [0.25, 0.3) is 0 Å². The Morgan fingerprint density at radius 3 is 2.89 bits per heavy atom. The Balaban J connectivity index is 2.06. The highest BCUT2D eigenvalue weighted by Gasteiger charge is 2.32. The van der Waals surface area contributed by atoms with Crippen LogP contribution in [0.5, 0.6) is 0 Å². The molecule has 1 aromatic rings. The first-order valence-electron chi connectivity index (χ1n) is 7.05. The van der Waals surface area contributed by atoms with E-state index < -0.39 is 0 Å². The third-order valence-corrected chi connectivity index (χ3v) is 4.13. The Kier molecular flexibility index (Phi) is 4.07. The lowest BCUT2D eigenvalue weighted by Gasteiger charge is -2.44. The zero-order chi connectivity index (χ0) is 13.2. The predicted molar refractivity (Wildman–Crippen MR) is 74.6 cm³/mol. The van der Waals surface area contributed by atoms with E-state index in [1.807, 2.05) is 4.68 Å². The van der Waals surface area contributed by atoms with Crippen molar-refractivity contribution in [3.8, 4) is 0 Å². The molecule has 0 radical (unpaired) electrons. The molecule has 18 heavy (non-hydrogen) atoms. The van der Waals surface area contributed by atoms with Crippen molar-refractivity contribution in [3.63, 3.8) is 0 Å². The third-order valence-electron chi connectivity index (χ3n) is 4.13. The highest BCUT2D eigenvalue weighted by molar-refractivity contribution is 5.02. The maximum absolute atomic E-state index is 4.66. The molecule has 0 bridgehead atoms. The molecule has 1 saturated heterocycles. The van der Waals surface area contributed by atoms with Crippen molar-refractivity contribution in [1.29, 1.82) is 0 Å². The average Bonchev–Trinajstić information content (AvgIpc) is 2.81. The summed E-state index contributed by atoms with van der Waals surface area (Å²) in [5.41, 5.74) is 1.45. The van der Waals surface area contributed by atoms with Crippen molar-refractivity contribution < 1.29 is 0 Å². The molecule has 0 aromatic carbocycles. The molecule has 102 valence electrons. The average molecular weight is 250 g/mol. The van der Waals surface area contributed by atoms with Crippen LogP contribution in [-0.2, 0) is 6.54 Å². The molecule has 1 aliphatic rings. The molecular weight excluding hydrogens is 224 g/mol. The zero-order valence-electron chi connectivity index (χ0n) is 12.1. The van der Waals surface area contributed by atoms with E-state index in [9.17, 15) is 0 Å². The lowest BCUT2D eigenvalue weighted by Crippen LogP contribution is -2.58. The summed E-state index contributed by atoms with van der Waals surface area (Å²) < 4.78 is 2.04. The number of nitrogens with zero attached hydrogens (tertiary/aromatic N) is 3. The molecule has 2 rings (SSSR count). The number of hydrogen-bond acceptors (Lipinski definition) is 3. The van der Waals surface area contributed by atoms with Gasteiger partial charge in [-0.1, -0.05) is 6.92 Å². The molecule has 0 spiro atoms. The molecule has 4 heteroatoms. The van der Waals surface area contributed by atoms with Gasteiger partial charge < -0.3 is 5.32 Å². The van der Waals surface area contributed by atoms with E-state index >= 15 is 0 Å². The zero-order valence-corrected chi connectivity index (χ0v) is 12.1. The summed E-state index contributed by atoms with van der Waals surface area (Å²) in [7, 11) is 0. The van der Waals surface area contributed by atoms with Crippen LogP contribution in [-0.4, -0.2) is 39.9 Å². The van der Waals surface area contributed by atoms with Gasteiger partial charge >= 0.3 is 0 Å². The monoisotopic (exact) mass is 250 g/mol. The van der Waals surface area contributed by atoms with Gasteiger partial charge in [0.2, 0.25) is 0 Å². The van der Waals surface area contributed by atoms with Crippen molar-refractivity contribution in [2.45, 2.75) is 52.2 Å². The van der Waals surface area contributed by atoms with Crippen LogP contribution >= 0.6 is 0 Å². The summed E-state index contributed by atoms with van der Waals surface area (Å²) in [6, 6.07) is 2.59. The van der Waals surface area contributed by atoms with E-state index in [-0.39, 0.29) is 5.54 Å². The number of rotatable bonds is 4. The van der Waals surface area contributed by atoms with Crippen LogP contribution in [0.2, 0.25) is 0 Å². The molecule has 0 saturated carbocycles. The smallest absolute Gasteiger partial charge is 0.0765 e. The fourth-order valence-corrected chi connectivity index (χ4v) is 2.52. The van der Waals surface area contributed by atoms with Gasteiger partial charge in [-0.25, -0.2) is 0 Å². The maximum atomic E-state index is 4.66. The minimum absolute atomic E-state index is 0.264. The van der Waals surface area contributed by atoms with Gasteiger partial charge in [-0.3, -0.25) is 9.58 Å². The van der Waals surface area contributed by atoms with E-state index in [1.165, 1.54) is 12.1 Å². The molecule has 1 unspecified atom stereocenters. The largest absolute Gasteiger partial charge is 0.314 e. The number of piperazine rings is 1. The number of hydrogen-bond donors (Lipinski definition) is 1. The van der Waals surface area contributed by atoms with E-state index in [4.69, 9.17) is 0 Å². The summed E-state index contributed by atoms with van der Waals surface area (Å²) in [6.45, 7) is 13.2. The Bertz CT molecular complexity index is 385. The van der Waals surface area contributed by atoms with Gasteiger partial charge in [0.1, 0.15) is 0 Å². The van der Waals surface area contributed by atoms with E-state index in [2.05, 4.69) is 55.3 Å². The van der Waals surface area contributed by atoms with Crippen molar-refractivity contribution >= 4 is 0 Å². The second-order valence-electron chi connectivity index (χ2n) is 5.83. The molecule has 2 heterocycles. The molecular formula is C14H26N4. The van der Waals surface area contributed by atoms with Crippen LogP contribution < -0.4 is 5.32 Å². The van der Waals surface area contributed by atoms with E-state index in [1.54, 1.807) is 0 Å². The fraction of sp³-hybridized carbons (Fsp3) is 0.786. The van der Waals surface area contributed by atoms with Crippen molar-refractivity contribution in [3.05, 3.63) is 18.0 Å². The summed E-state index contributed by atoms with van der Waals surface area (Å²) in [6.07, 6.45) is 3.26. The molecule has 1 N–H and O–H groups in total. The van der Waals surface area contributed by atoms with E-state index in [0.717, 1.165) is 26.2 Å². The first kappa shape index (κ1) is 13.6. The van der Waals surface area contributed by atoms with Gasteiger partial charge in [-0.15, -0.1) is 0 Å². The van der Waals surface area contributed by atoms with Gasteiger partial charge in [0, 0.05) is 44.0 Å². The second-order valence-corrected chi connectivity index (χ2v) is 5.83. The number of aromatic nitrogens is 2. The topological polar surface area (TPSA) is 33.1 Å². The molecule has 4 nitrogen and oxygen atoms in total. The van der Waals surface area contributed by atoms with Crippen molar-refractivity contribution in [2.75, 3.05) is 19.6 Å². The van der Waals surface area contributed by atoms with Crippen LogP contribution in [0.1, 0.15) is 45.9 Å². The standard InChI is InChI=1S/C14H26N4/c1-5-14(4)11-15-7-9-17(14)10-13-6-8-18(16-13)12(2)3/h6,8,12,15H,5,7,9-11H2,1-4H3. The van der Waals surface area contributed by atoms with Crippen molar-refractivity contribution in [2.24, 2.45) is 0 Å². The van der Waals surface area contributed by atoms with Crippen LogP contribution in [0.3, 0.4) is 0 Å². The Labute approximate surface area is 110 Å². The molecule has 1 atom stereocenters. The molecule has 1 fully saturated rings. The minimum Gasteiger partial charge on any atom is -0.314 e. The Hall–Kier alpha value is -0.870. The SMILES string of the molecule is CCC1(C)CNCCN1Cc1ccn(C(C)C)n1. The first-order chi connectivity index (χ1) is 8.55. The second kappa shape index (κ2) is 5.41. The fourth-order valence-electron chi connectivity index (χ4n) is 2.52. The molecule has 0 aliphatic carbocycles. The van der Waals surface area contributed by atoms with Gasteiger partial charge in [0.05, 0.1) is 5.69 Å². The lowest BCUT2D eigenvalue weighted by atomic mass is 9.94. The predicted octanol–water partition coefficient (Wildman–Crippen LogP) is 2.04. The van der Waals surface area contributed by atoms with E-state index in [0.29, 0.717) is 6.04 Å². The highest BCUT2D eigenvalue weighted by atomic mass is 15.3. The normalized spacial score (nSPS) is 25.8. The first-order valence-corrected chi connectivity index (χ1v) is 7.05. The molecule has 0 amide bonds. The summed E-state index contributed by atoms with van der Waals surface area (Å²) in [5.74, 6) is 0. The third kappa shape index (κ3) is 2.75. The van der Waals surface area contributed by atoms with Gasteiger partial charge in [-0.2, -0.15) is 5.10 Å². The minimum atomic E-state index is 0.264. The van der Waals surface area contributed by atoms with Crippen LogP contribution in [0, 0.1) is 0 Å².